The molecule has 1 aromatic heterocycles. The predicted molar refractivity (Wildman–Crippen MR) is 74.9 cm³/mol. The van der Waals surface area contributed by atoms with Crippen LogP contribution in [0, 0.1) is 10.1 Å². The zero-order valence-corrected chi connectivity index (χ0v) is 11.4. The van der Waals surface area contributed by atoms with E-state index < -0.39 is 22.4 Å². The fraction of sp³-hybridized carbons (Fsp3) is 0.0714. The Morgan fingerprint density at radius 3 is 2.23 bits per heavy atom. The summed E-state index contributed by atoms with van der Waals surface area (Å²) in [6.07, 6.45) is 1.07. The lowest BCUT2D eigenvalue weighted by Gasteiger charge is -2.06. The van der Waals surface area contributed by atoms with Gasteiger partial charge in [-0.1, -0.05) is 0 Å². The van der Waals surface area contributed by atoms with Gasteiger partial charge >= 0.3 is 5.97 Å². The van der Waals surface area contributed by atoms with Crippen LogP contribution in [0.5, 0.6) is 0 Å². The standard InChI is InChI=1S/C14H10N2O6/c1-22-14(19)10-4-7-12(17)15(8-10)13(18)9-2-5-11(6-3-9)16(20)21/h2-8H,1H3. The van der Waals surface area contributed by atoms with Gasteiger partial charge in [0, 0.05) is 30.0 Å². The Labute approximate surface area is 123 Å². The molecule has 0 amide bonds. The van der Waals surface area contributed by atoms with Crippen molar-refractivity contribution in [3.05, 3.63) is 74.2 Å². The monoisotopic (exact) mass is 302 g/mol. The number of non-ortho nitro benzene ring substituents is 1. The molecule has 0 atom stereocenters. The fourth-order valence-electron chi connectivity index (χ4n) is 1.75. The van der Waals surface area contributed by atoms with E-state index in [0.29, 0.717) is 0 Å². The summed E-state index contributed by atoms with van der Waals surface area (Å²) < 4.78 is 5.26. The van der Waals surface area contributed by atoms with Crippen molar-refractivity contribution in [3.63, 3.8) is 0 Å². The molecule has 0 N–H and O–H groups in total. The minimum atomic E-state index is -0.703. The highest BCUT2D eigenvalue weighted by atomic mass is 16.6. The summed E-state index contributed by atoms with van der Waals surface area (Å²) in [5.41, 5.74) is -0.685. The van der Waals surface area contributed by atoms with Gasteiger partial charge in [-0.05, 0) is 18.2 Å². The summed E-state index contributed by atoms with van der Waals surface area (Å²) in [5.74, 6) is -1.39. The first-order valence-electron chi connectivity index (χ1n) is 6.04. The molecule has 0 unspecified atom stereocenters. The van der Waals surface area contributed by atoms with Crippen LogP contribution in [0.2, 0.25) is 0 Å². The van der Waals surface area contributed by atoms with Crippen molar-refractivity contribution in [2.45, 2.75) is 0 Å². The van der Waals surface area contributed by atoms with E-state index >= 15 is 0 Å². The number of nitrogens with zero attached hydrogens (tertiary/aromatic N) is 2. The number of nitro benzene ring substituents is 1. The number of ether oxygens (including phenoxy) is 1. The Morgan fingerprint density at radius 1 is 1.09 bits per heavy atom. The lowest BCUT2D eigenvalue weighted by molar-refractivity contribution is -0.384. The molecule has 0 spiro atoms. The van der Waals surface area contributed by atoms with Crippen molar-refractivity contribution < 1.29 is 19.2 Å². The van der Waals surface area contributed by atoms with Gasteiger partial charge in [0.25, 0.3) is 17.2 Å². The van der Waals surface area contributed by atoms with Crippen LogP contribution in [-0.2, 0) is 4.74 Å². The van der Waals surface area contributed by atoms with Gasteiger partial charge in [-0.2, -0.15) is 0 Å². The maximum Gasteiger partial charge on any atom is 0.339 e. The topological polar surface area (TPSA) is 109 Å². The van der Waals surface area contributed by atoms with Crippen LogP contribution in [0.3, 0.4) is 0 Å². The molecule has 0 aliphatic rings. The quantitative estimate of drug-likeness (QED) is 0.479. The van der Waals surface area contributed by atoms with Crippen LogP contribution in [0.15, 0.2) is 47.4 Å². The van der Waals surface area contributed by atoms with E-state index in [4.69, 9.17) is 0 Å². The lowest BCUT2D eigenvalue weighted by atomic mass is 10.2. The van der Waals surface area contributed by atoms with Gasteiger partial charge in [0.1, 0.15) is 0 Å². The second-order valence-electron chi connectivity index (χ2n) is 4.23. The molecule has 0 aliphatic carbocycles. The molecule has 0 fully saturated rings. The lowest BCUT2D eigenvalue weighted by Crippen LogP contribution is -2.27. The molecule has 2 aromatic rings. The van der Waals surface area contributed by atoms with Crippen molar-refractivity contribution in [2.24, 2.45) is 0 Å². The van der Waals surface area contributed by atoms with Gasteiger partial charge < -0.3 is 4.74 Å². The second-order valence-corrected chi connectivity index (χ2v) is 4.23. The molecule has 0 aliphatic heterocycles. The molecular weight excluding hydrogens is 292 g/mol. The maximum atomic E-state index is 12.3. The average Bonchev–Trinajstić information content (AvgIpc) is 2.54. The van der Waals surface area contributed by atoms with Crippen LogP contribution < -0.4 is 5.56 Å². The number of benzene rings is 1. The Kier molecular flexibility index (Phi) is 4.12. The molecule has 112 valence electrons. The number of carbonyl (C=O) groups is 2. The summed E-state index contributed by atoms with van der Waals surface area (Å²) in [7, 11) is 1.18. The van der Waals surface area contributed by atoms with E-state index in [9.17, 15) is 24.5 Å². The van der Waals surface area contributed by atoms with E-state index in [1.54, 1.807) is 0 Å². The molecule has 0 saturated carbocycles. The van der Waals surface area contributed by atoms with Crippen molar-refractivity contribution in [1.29, 1.82) is 0 Å². The third-order valence-electron chi connectivity index (χ3n) is 2.88. The van der Waals surface area contributed by atoms with Crippen molar-refractivity contribution >= 4 is 17.6 Å². The zero-order chi connectivity index (χ0) is 16.3. The molecular formula is C14H10N2O6. The molecule has 22 heavy (non-hydrogen) atoms. The molecule has 0 radical (unpaired) electrons. The van der Waals surface area contributed by atoms with Crippen LogP contribution in [-0.4, -0.2) is 28.5 Å². The Hall–Kier alpha value is -3.29. The summed E-state index contributed by atoms with van der Waals surface area (Å²) in [6.45, 7) is 0. The van der Waals surface area contributed by atoms with E-state index in [1.165, 1.54) is 25.3 Å². The third-order valence-corrected chi connectivity index (χ3v) is 2.88. The third kappa shape index (κ3) is 2.90. The minimum absolute atomic E-state index is 0.0392. The van der Waals surface area contributed by atoms with Crippen LogP contribution >= 0.6 is 0 Å². The summed E-state index contributed by atoms with van der Waals surface area (Å²) in [5, 5.41) is 10.6. The summed E-state index contributed by atoms with van der Waals surface area (Å²) >= 11 is 0. The molecule has 8 nitrogen and oxygen atoms in total. The van der Waals surface area contributed by atoms with Crippen LogP contribution in [0.25, 0.3) is 0 Å². The SMILES string of the molecule is COC(=O)c1ccc(=O)n(C(=O)c2ccc([N+](=O)[O-])cc2)c1. The Morgan fingerprint density at radius 2 is 1.68 bits per heavy atom. The number of nitro groups is 1. The molecule has 0 saturated heterocycles. The Bertz CT molecular complexity index is 807. The van der Waals surface area contributed by atoms with Gasteiger partial charge in [0.05, 0.1) is 17.6 Å². The first-order chi connectivity index (χ1) is 10.4. The number of methoxy groups -OCH3 is 1. The van der Waals surface area contributed by atoms with Gasteiger partial charge in [0.2, 0.25) is 0 Å². The molecule has 8 heteroatoms. The van der Waals surface area contributed by atoms with Crippen molar-refractivity contribution in [1.82, 2.24) is 4.57 Å². The largest absolute Gasteiger partial charge is 0.465 e. The number of carbonyl (C=O) groups excluding carboxylic acids is 2. The van der Waals surface area contributed by atoms with E-state index in [2.05, 4.69) is 4.74 Å². The summed E-state index contributed by atoms with van der Waals surface area (Å²) in [6, 6.07) is 7.09. The highest BCUT2D eigenvalue weighted by Crippen LogP contribution is 2.12. The maximum absolute atomic E-state index is 12.3. The fourth-order valence-corrected chi connectivity index (χ4v) is 1.75. The molecule has 0 bridgehead atoms. The second kappa shape index (κ2) is 6.00. The van der Waals surface area contributed by atoms with Gasteiger partial charge in [-0.3, -0.25) is 19.7 Å². The summed E-state index contributed by atoms with van der Waals surface area (Å²) in [4.78, 5) is 45.4. The number of aromatic nitrogens is 1. The van der Waals surface area contributed by atoms with E-state index in [0.717, 1.165) is 29.0 Å². The van der Waals surface area contributed by atoms with Gasteiger partial charge in [0.15, 0.2) is 0 Å². The Balaban J connectivity index is 2.42. The highest BCUT2D eigenvalue weighted by Gasteiger charge is 2.15. The number of rotatable bonds is 3. The average molecular weight is 302 g/mol. The highest BCUT2D eigenvalue weighted by molar-refractivity contribution is 5.97. The van der Waals surface area contributed by atoms with E-state index in [1.807, 2.05) is 0 Å². The van der Waals surface area contributed by atoms with Gasteiger partial charge in [-0.25, -0.2) is 9.36 Å². The molecule has 2 rings (SSSR count). The first kappa shape index (κ1) is 15.1. The van der Waals surface area contributed by atoms with Gasteiger partial charge in [-0.15, -0.1) is 0 Å². The number of esters is 1. The van der Waals surface area contributed by atoms with Crippen molar-refractivity contribution in [3.8, 4) is 0 Å². The molecule has 1 heterocycles. The number of hydrogen-bond acceptors (Lipinski definition) is 6. The number of hydrogen-bond donors (Lipinski definition) is 0. The van der Waals surface area contributed by atoms with E-state index in [-0.39, 0.29) is 16.8 Å². The predicted octanol–water partition coefficient (Wildman–Crippen LogP) is 1.23. The molecule has 1 aromatic carbocycles. The number of pyridine rings is 1. The smallest absolute Gasteiger partial charge is 0.339 e. The minimum Gasteiger partial charge on any atom is -0.465 e. The first-order valence-corrected chi connectivity index (χ1v) is 6.04. The van der Waals surface area contributed by atoms with Crippen molar-refractivity contribution in [2.75, 3.05) is 7.11 Å². The zero-order valence-electron chi connectivity index (χ0n) is 11.4. The normalized spacial score (nSPS) is 10.0. The van der Waals surface area contributed by atoms with Crippen LogP contribution in [0.1, 0.15) is 20.7 Å². The van der Waals surface area contributed by atoms with Crippen LogP contribution in [0.4, 0.5) is 5.69 Å².